The van der Waals surface area contributed by atoms with E-state index in [1.54, 1.807) is 20.2 Å². The van der Waals surface area contributed by atoms with E-state index in [1.165, 1.54) is 23.4 Å². The maximum atomic E-state index is 13.9. The first-order valence-corrected chi connectivity index (χ1v) is 11.7. The quantitative estimate of drug-likeness (QED) is 0.171. The molecule has 12 heteroatoms. The van der Waals surface area contributed by atoms with Crippen molar-refractivity contribution in [2.45, 2.75) is 30.6 Å². The first-order chi connectivity index (χ1) is 17.4. The summed E-state index contributed by atoms with van der Waals surface area (Å²) in [5, 5.41) is 44.7. The van der Waals surface area contributed by atoms with Crippen LogP contribution >= 0.6 is 0 Å². The van der Waals surface area contributed by atoms with Gasteiger partial charge < -0.3 is 36.8 Å². The number of nitrogen functional groups attached to an aromatic ring is 1. The lowest BCUT2D eigenvalue weighted by Crippen LogP contribution is -2.73. The number of primary amides is 1. The van der Waals surface area contributed by atoms with Crippen LogP contribution in [-0.2, 0) is 20.8 Å². The van der Waals surface area contributed by atoms with Gasteiger partial charge in [0, 0.05) is 35.5 Å². The highest BCUT2D eigenvalue weighted by molar-refractivity contribution is 6.25. The fourth-order valence-electron chi connectivity index (χ4n) is 6.33. The molecule has 8 N–H and O–H groups in total. The number of ketones is 2. The predicted molar refractivity (Wildman–Crippen MR) is 130 cm³/mol. The van der Waals surface area contributed by atoms with Crippen molar-refractivity contribution >= 4 is 28.9 Å². The van der Waals surface area contributed by atoms with Crippen LogP contribution in [0.1, 0.15) is 17.5 Å². The standard InChI is InChI=1S/C25H27N5O7/c1-30(2)17-12-7-9-6-10-11(24-28-4-3-5-29-24)8-13(26)18(31)15(10)19(32)14(9)21(34)25(12,37)22(35)16(20(17)33)23(27)36/h3-5,8-9,12,16-17,20,31-33,37H,6-7,26H2,1-2H3,(H2,27,36)/t9-,12-,16?,17-,20?,25-/m1/s1. The third-order valence-electron chi connectivity index (χ3n) is 7.92. The maximum Gasteiger partial charge on any atom is 0.230 e. The number of aliphatic hydroxyl groups excluding tert-OH is 2. The van der Waals surface area contributed by atoms with Gasteiger partial charge in [-0.25, -0.2) is 9.97 Å². The van der Waals surface area contributed by atoms with Crippen LogP contribution in [0.25, 0.3) is 17.1 Å². The van der Waals surface area contributed by atoms with Gasteiger partial charge in [0.2, 0.25) is 11.7 Å². The average Bonchev–Trinajstić information content (AvgIpc) is 2.83. The second-order valence-electron chi connectivity index (χ2n) is 10.1. The molecular weight excluding hydrogens is 482 g/mol. The number of phenolic OH excluding ortho intramolecular Hbond substituents is 1. The molecule has 0 spiro atoms. The number of benzene rings is 1. The number of carbonyl (C=O) groups excluding carboxylic acids is 3. The number of fused-ring (bicyclic) bond motifs is 3. The second-order valence-corrected chi connectivity index (χ2v) is 10.1. The molecule has 0 aliphatic heterocycles. The molecule has 2 saturated carbocycles. The van der Waals surface area contributed by atoms with Crippen LogP contribution in [0.3, 0.4) is 0 Å². The molecule has 3 aliphatic rings. The lowest BCUT2D eigenvalue weighted by Gasteiger charge is -2.53. The minimum atomic E-state index is -2.72. The Balaban J connectivity index is 1.73. The van der Waals surface area contributed by atoms with Crippen LogP contribution in [0, 0.1) is 17.8 Å². The molecule has 0 radical (unpaired) electrons. The molecule has 0 saturated heterocycles. The predicted octanol–water partition coefficient (Wildman–Crippen LogP) is -0.832. The Morgan fingerprint density at radius 3 is 2.43 bits per heavy atom. The average molecular weight is 510 g/mol. The van der Waals surface area contributed by atoms with Crippen molar-refractivity contribution in [1.82, 2.24) is 14.9 Å². The number of nitrogens with zero attached hydrogens (tertiary/aromatic N) is 3. The summed E-state index contributed by atoms with van der Waals surface area (Å²) in [6, 6.07) is 2.14. The molecule has 37 heavy (non-hydrogen) atoms. The fraction of sp³-hybridized carbons (Fsp3) is 0.400. The van der Waals surface area contributed by atoms with E-state index in [2.05, 4.69) is 9.97 Å². The highest BCUT2D eigenvalue weighted by atomic mass is 16.3. The van der Waals surface area contributed by atoms with Crippen LogP contribution in [0.2, 0.25) is 0 Å². The van der Waals surface area contributed by atoms with E-state index in [4.69, 9.17) is 11.5 Å². The van der Waals surface area contributed by atoms with Crippen LogP contribution in [0.5, 0.6) is 5.75 Å². The van der Waals surface area contributed by atoms with E-state index < -0.39 is 64.5 Å². The number of rotatable bonds is 3. The van der Waals surface area contributed by atoms with Gasteiger partial charge in [-0.1, -0.05) is 0 Å². The summed E-state index contributed by atoms with van der Waals surface area (Å²) in [5.74, 6) is -7.88. The summed E-state index contributed by atoms with van der Waals surface area (Å²) in [6.45, 7) is 0. The Labute approximate surface area is 211 Å². The third-order valence-corrected chi connectivity index (χ3v) is 7.92. The molecule has 3 aliphatic carbocycles. The molecule has 6 atom stereocenters. The Bertz CT molecular complexity index is 1380. The number of nitrogens with two attached hydrogens (primary N) is 2. The fourth-order valence-corrected chi connectivity index (χ4v) is 6.33. The van der Waals surface area contributed by atoms with Crippen LogP contribution < -0.4 is 11.5 Å². The summed E-state index contributed by atoms with van der Waals surface area (Å²) in [7, 11) is 3.19. The number of likely N-dealkylation sites (N-methyl/N-ethyl adjacent to an activating group) is 1. The summed E-state index contributed by atoms with van der Waals surface area (Å²) >= 11 is 0. The summed E-state index contributed by atoms with van der Waals surface area (Å²) in [5.41, 5.74) is 9.12. The van der Waals surface area contributed by atoms with Gasteiger partial charge in [-0.05, 0) is 50.6 Å². The van der Waals surface area contributed by atoms with Gasteiger partial charge in [0.05, 0.1) is 17.4 Å². The molecule has 1 aromatic heterocycles. The van der Waals surface area contributed by atoms with E-state index in [-0.39, 0.29) is 29.7 Å². The van der Waals surface area contributed by atoms with Crippen molar-refractivity contribution in [3.05, 3.63) is 41.2 Å². The summed E-state index contributed by atoms with van der Waals surface area (Å²) in [4.78, 5) is 49.4. The van der Waals surface area contributed by atoms with Crippen molar-refractivity contribution in [3.8, 4) is 17.1 Å². The molecule has 1 aromatic carbocycles. The van der Waals surface area contributed by atoms with Crippen molar-refractivity contribution in [3.63, 3.8) is 0 Å². The maximum absolute atomic E-state index is 13.9. The number of hydrogen-bond donors (Lipinski definition) is 6. The zero-order valence-corrected chi connectivity index (χ0v) is 20.1. The van der Waals surface area contributed by atoms with Gasteiger partial charge in [-0.2, -0.15) is 0 Å². The molecular formula is C25H27N5O7. The van der Waals surface area contributed by atoms with Gasteiger partial charge in [0.25, 0.3) is 0 Å². The molecule has 2 fully saturated rings. The minimum Gasteiger partial charge on any atom is -0.507 e. The zero-order valence-electron chi connectivity index (χ0n) is 20.1. The van der Waals surface area contributed by atoms with Crippen molar-refractivity contribution in [1.29, 1.82) is 0 Å². The van der Waals surface area contributed by atoms with Gasteiger partial charge in [-0.15, -0.1) is 0 Å². The van der Waals surface area contributed by atoms with E-state index in [0.29, 0.717) is 17.0 Å². The SMILES string of the molecule is CN(C)[C@H]1C(O)C(C(N)=O)C(=O)[C@]2(O)C(=O)C3=C(O)c4c(O)c(N)cc(-c5ncccn5)c4C[C@@H]3C[C@H]12. The molecule has 1 amide bonds. The summed E-state index contributed by atoms with van der Waals surface area (Å²) < 4.78 is 0. The number of anilines is 1. The van der Waals surface area contributed by atoms with Gasteiger partial charge in [0.15, 0.2) is 17.2 Å². The largest absolute Gasteiger partial charge is 0.507 e. The molecule has 1 heterocycles. The minimum absolute atomic E-state index is 0.0123. The molecule has 2 unspecified atom stereocenters. The topological polar surface area (TPSA) is 213 Å². The van der Waals surface area contributed by atoms with E-state index in [9.17, 15) is 34.8 Å². The van der Waals surface area contributed by atoms with E-state index >= 15 is 0 Å². The number of aliphatic hydroxyl groups is 3. The highest BCUT2D eigenvalue weighted by Crippen LogP contribution is 2.53. The Morgan fingerprint density at radius 2 is 1.84 bits per heavy atom. The lowest BCUT2D eigenvalue weighted by molar-refractivity contribution is -0.184. The molecule has 2 aromatic rings. The van der Waals surface area contributed by atoms with E-state index in [1.807, 2.05) is 0 Å². The number of carbonyl (C=O) groups is 3. The normalized spacial score (nSPS) is 31.1. The second kappa shape index (κ2) is 8.33. The van der Waals surface area contributed by atoms with Gasteiger partial charge >= 0.3 is 0 Å². The molecule has 5 rings (SSSR count). The summed E-state index contributed by atoms with van der Waals surface area (Å²) in [6.07, 6.45) is 1.64. The number of Topliss-reactive ketones (excluding diaryl/α,β-unsaturated/α-hetero) is 2. The van der Waals surface area contributed by atoms with Gasteiger partial charge in [0.1, 0.15) is 17.4 Å². The lowest BCUT2D eigenvalue weighted by atomic mass is 9.54. The number of aromatic hydroxyl groups is 1. The first kappa shape index (κ1) is 24.8. The van der Waals surface area contributed by atoms with Crippen LogP contribution in [0.15, 0.2) is 30.1 Å². The van der Waals surface area contributed by atoms with Crippen molar-refractivity contribution in [2.75, 3.05) is 19.8 Å². The van der Waals surface area contributed by atoms with Crippen LogP contribution in [0.4, 0.5) is 5.69 Å². The molecule has 194 valence electrons. The first-order valence-electron chi connectivity index (χ1n) is 11.7. The Hall–Kier alpha value is -3.87. The van der Waals surface area contributed by atoms with Crippen LogP contribution in [-0.4, -0.2) is 84.6 Å². The third kappa shape index (κ3) is 3.29. The monoisotopic (exact) mass is 509 g/mol. The number of phenols is 1. The molecule has 0 bridgehead atoms. The highest BCUT2D eigenvalue weighted by Gasteiger charge is 2.67. The molecule has 12 nitrogen and oxygen atoms in total. The van der Waals surface area contributed by atoms with E-state index in [0.717, 1.165) is 0 Å². The van der Waals surface area contributed by atoms with Crippen molar-refractivity contribution < 1.29 is 34.8 Å². The Morgan fingerprint density at radius 1 is 1.19 bits per heavy atom. The number of hydrogen-bond acceptors (Lipinski definition) is 11. The van der Waals surface area contributed by atoms with Crippen molar-refractivity contribution in [2.24, 2.45) is 23.5 Å². The Kier molecular flexibility index (Phi) is 5.59. The number of aromatic nitrogens is 2. The zero-order chi connectivity index (χ0) is 27.0. The number of amides is 1. The van der Waals surface area contributed by atoms with Gasteiger partial charge in [-0.3, -0.25) is 14.4 Å². The smallest absolute Gasteiger partial charge is 0.230 e.